The molecular formula is C28H28ClN3O8S. The Kier molecular flexibility index (Phi) is 10.1. The SMILES string of the molecule is O=C(Oc1ccc(C(=O)NS(=O)(=O)c2ccc(Cl)c(C(=O)NCCOc3ccccc3)c2)cn1)OC1CCCCC1. The molecule has 1 heterocycles. The minimum atomic E-state index is -4.38. The van der Waals surface area contributed by atoms with Gasteiger partial charge in [0.25, 0.3) is 21.8 Å². The van der Waals surface area contributed by atoms with Crippen LogP contribution in [0.25, 0.3) is 0 Å². The lowest BCUT2D eigenvalue weighted by Gasteiger charge is -2.20. The fourth-order valence-electron chi connectivity index (χ4n) is 4.03. The summed E-state index contributed by atoms with van der Waals surface area (Å²) in [6, 6.07) is 15.0. The maximum absolute atomic E-state index is 12.9. The zero-order valence-corrected chi connectivity index (χ0v) is 23.4. The summed E-state index contributed by atoms with van der Waals surface area (Å²) in [6.45, 7) is 0.323. The van der Waals surface area contributed by atoms with E-state index in [2.05, 4.69) is 10.3 Å². The average molecular weight is 602 g/mol. The van der Waals surface area contributed by atoms with Crippen molar-refractivity contribution in [2.24, 2.45) is 0 Å². The van der Waals surface area contributed by atoms with Crippen LogP contribution in [-0.2, 0) is 14.8 Å². The van der Waals surface area contributed by atoms with Crippen LogP contribution < -0.4 is 19.5 Å². The Bertz CT molecular complexity index is 1480. The van der Waals surface area contributed by atoms with Crippen molar-refractivity contribution in [3.63, 3.8) is 0 Å². The zero-order chi connectivity index (χ0) is 29.2. The number of hydrogen-bond acceptors (Lipinski definition) is 9. The first-order chi connectivity index (χ1) is 19.7. The van der Waals surface area contributed by atoms with Gasteiger partial charge < -0.3 is 19.5 Å². The van der Waals surface area contributed by atoms with E-state index >= 15 is 0 Å². The van der Waals surface area contributed by atoms with E-state index < -0.39 is 28.0 Å². The highest BCUT2D eigenvalue weighted by atomic mass is 35.5. The highest BCUT2D eigenvalue weighted by Gasteiger charge is 2.23. The molecule has 0 spiro atoms. The van der Waals surface area contributed by atoms with Crippen LogP contribution in [0.3, 0.4) is 0 Å². The molecule has 0 bridgehead atoms. The number of nitrogens with one attached hydrogen (secondary N) is 2. The number of nitrogens with zero attached hydrogens (tertiary/aromatic N) is 1. The van der Waals surface area contributed by atoms with Crippen molar-refractivity contribution in [1.82, 2.24) is 15.0 Å². The molecule has 4 rings (SSSR count). The molecule has 1 aromatic heterocycles. The molecule has 0 atom stereocenters. The first-order valence-corrected chi connectivity index (χ1v) is 14.7. The molecule has 216 valence electrons. The van der Waals surface area contributed by atoms with Gasteiger partial charge in [0, 0.05) is 12.3 Å². The monoisotopic (exact) mass is 601 g/mol. The first-order valence-electron chi connectivity index (χ1n) is 12.9. The number of rotatable bonds is 10. The second-order valence-electron chi connectivity index (χ2n) is 9.11. The number of para-hydroxylation sites is 1. The molecule has 11 nitrogen and oxygen atoms in total. The van der Waals surface area contributed by atoms with E-state index in [4.69, 9.17) is 25.8 Å². The van der Waals surface area contributed by atoms with Crippen LogP contribution in [0, 0.1) is 0 Å². The molecule has 2 amide bonds. The van der Waals surface area contributed by atoms with Crippen molar-refractivity contribution < 1.29 is 37.0 Å². The molecule has 0 aliphatic heterocycles. The van der Waals surface area contributed by atoms with Crippen LogP contribution >= 0.6 is 11.6 Å². The topological polar surface area (TPSA) is 150 Å². The number of pyridine rings is 1. The molecular weight excluding hydrogens is 574 g/mol. The van der Waals surface area contributed by atoms with Gasteiger partial charge in [-0.25, -0.2) is 22.9 Å². The lowest BCUT2D eigenvalue weighted by molar-refractivity contribution is 0.0407. The van der Waals surface area contributed by atoms with Gasteiger partial charge in [0.2, 0.25) is 5.88 Å². The summed E-state index contributed by atoms with van der Waals surface area (Å²) in [4.78, 5) is 40.8. The lowest BCUT2D eigenvalue weighted by atomic mass is 9.98. The third-order valence-electron chi connectivity index (χ3n) is 6.12. The largest absolute Gasteiger partial charge is 0.515 e. The number of hydrogen-bond donors (Lipinski definition) is 2. The van der Waals surface area contributed by atoms with E-state index in [0.717, 1.165) is 44.4 Å². The summed E-state index contributed by atoms with van der Waals surface area (Å²) in [7, 11) is -4.38. The van der Waals surface area contributed by atoms with E-state index in [-0.39, 0.29) is 46.2 Å². The van der Waals surface area contributed by atoms with Crippen LogP contribution in [0.4, 0.5) is 4.79 Å². The molecule has 1 saturated carbocycles. The maximum Gasteiger partial charge on any atom is 0.515 e. The zero-order valence-electron chi connectivity index (χ0n) is 21.9. The number of sulfonamides is 1. The summed E-state index contributed by atoms with van der Waals surface area (Å²) in [5.74, 6) is -1.06. The van der Waals surface area contributed by atoms with Crippen LogP contribution in [0.2, 0.25) is 5.02 Å². The van der Waals surface area contributed by atoms with E-state index in [1.54, 1.807) is 12.1 Å². The molecule has 0 radical (unpaired) electrons. The molecule has 0 unspecified atom stereocenters. The molecule has 1 fully saturated rings. The molecule has 0 saturated heterocycles. The second kappa shape index (κ2) is 14.0. The minimum Gasteiger partial charge on any atom is -0.492 e. The first kappa shape index (κ1) is 29.8. The number of carbonyl (C=O) groups is 3. The van der Waals surface area contributed by atoms with Crippen molar-refractivity contribution >= 4 is 39.6 Å². The summed E-state index contributed by atoms with van der Waals surface area (Å²) in [6.07, 6.45) is 4.60. The molecule has 1 aliphatic rings. The molecule has 3 aromatic rings. The fourth-order valence-corrected chi connectivity index (χ4v) is 5.24. The molecule has 41 heavy (non-hydrogen) atoms. The summed E-state index contributed by atoms with van der Waals surface area (Å²) < 4.78 is 43.5. The van der Waals surface area contributed by atoms with Crippen molar-refractivity contribution in [1.29, 1.82) is 0 Å². The van der Waals surface area contributed by atoms with Gasteiger partial charge in [0.15, 0.2) is 0 Å². The summed E-state index contributed by atoms with van der Waals surface area (Å²) in [5, 5.41) is 2.64. The molecule has 2 aromatic carbocycles. The Balaban J connectivity index is 1.32. The van der Waals surface area contributed by atoms with Crippen molar-refractivity contribution in [3.05, 3.63) is 83.0 Å². The smallest absolute Gasteiger partial charge is 0.492 e. The van der Waals surface area contributed by atoms with Crippen molar-refractivity contribution in [3.8, 4) is 11.6 Å². The van der Waals surface area contributed by atoms with Gasteiger partial charge in [-0.1, -0.05) is 36.2 Å². The Hall–Kier alpha value is -4.16. The van der Waals surface area contributed by atoms with Crippen LogP contribution in [0.1, 0.15) is 52.8 Å². The van der Waals surface area contributed by atoms with Gasteiger partial charge in [-0.2, -0.15) is 0 Å². The maximum atomic E-state index is 12.9. The fraction of sp³-hybridized carbons (Fsp3) is 0.286. The number of ether oxygens (including phenoxy) is 3. The number of aromatic nitrogens is 1. The van der Waals surface area contributed by atoms with E-state index in [1.807, 2.05) is 22.9 Å². The third kappa shape index (κ3) is 8.66. The van der Waals surface area contributed by atoms with E-state index in [1.165, 1.54) is 24.3 Å². The van der Waals surface area contributed by atoms with E-state index in [9.17, 15) is 22.8 Å². The Morgan fingerprint density at radius 1 is 0.951 bits per heavy atom. The van der Waals surface area contributed by atoms with Crippen molar-refractivity contribution in [2.45, 2.75) is 43.1 Å². The lowest BCUT2D eigenvalue weighted by Crippen LogP contribution is -2.31. The van der Waals surface area contributed by atoms with Crippen LogP contribution in [0.5, 0.6) is 11.6 Å². The Morgan fingerprint density at radius 3 is 2.41 bits per heavy atom. The normalized spacial score (nSPS) is 13.6. The van der Waals surface area contributed by atoms with Crippen molar-refractivity contribution in [2.75, 3.05) is 13.2 Å². The quantitative estimate of drug-likeness (QED) is 0.253. The predicted molar refractivity (Wildman–Crippen MR) is 149 cm³/mol. The molecule has 2 N–H and O–H groups in total. The number of amides is 2. The highest BCUT2D eigenvalue weighted by molar-refractivity contribution is 7.90. The summed E-state index contributed by atoms with van der Waals surface area (Å²) in [5.41, 5.74) is -0.197. The van der Waals surface area contributed by atoms with Crippen LogP contribution in [0.15, 0.2) is 71.8 Å². The van der Waals surface area contributed by atoms with Gasteiger partial charge in [-0.15, -0.1) is 0 Å². The van der Waals surface area contributed by atoms with Crippen LogP contribution in [-0.4, -0.2) is 50.6 Å². The number of benzene rings is 2. The van der Waals surface area contributed by atoms with E-state index in [0.29, 0.717) is 5.75 Å². The molecule has 13 heteroatoms. The highest BCUT2D eigenvalue weighted by Crippen LogP contribution is 2.22. The minimum absolute atomic E-state index is 0.0264. The van der Waals surface area contributed by atoms with Gasteiger partial charge in [0.05, 0.1) is 27.6 Å². The Morgan fingerprint density at radius 2 is 1.71 bits per heavy atom. The van der Waals surface area contributed by atoms with Gasteiger partial charge in [-0.05, 0) is 62.1 Å². The van der Waals surface area contributed by atoms with Gasteiger partial charge in [-0.3, -0.25) is 9.59 Å². The Labute approximate surface area is 242 Å². The number of carbonyl (C=O) groups excluding carboxylic acids is 3. The second-order valence-corrected chi connectivity index (χ2v) is 11.2. The standard InChI is InChI=1S/C28H28ClN3O8S/c29-24-13-12-22(17-23(24)27(34)30-15-16-38-20-7-3-1-4-8-20)41(36,37)32-26(33)19-11-14-25(31-18-19)40-28(35)39-21-9-5-2-6-10-21/h1,3-4,7-8,11-14,17-18,21H,2,5-6,9-10,15-16H2,(H,30,34)(H,32,33). The number of halogens is 1. The van der Waals surface area contributed by atoms with Gasteiger partial charge in [0.1, 0.15) is 18.5 Å². The van der Waals surface area contributed by atoms with Gasteiger partial charge >= 0.3 is 6.16 Å². The third-order valence-corrected chi connectivity index (χ3v) is 7.78. The predicted octanol–water partition coefficient (Wildman–Crippen LogP) is 4.51. The summed E-state index contributed by atoms with van der Waals surface area (Å²) >= 11 is 6.13. The molecule has 1 aliphatic carbocycles. The average Bonchev–Trinajstić information content (AvgIpc) is 2.96.